The van der Waals surface area contributed by atoms with Crippen molar-refractivity contribution in [3.63, 3.8) is 0 Å². The van der Waals surface area contributed by atoms with Crippen molar-refractivity contribution in [2.24, 2.45) is 5.92 Å². The number of carbonyl (C=O) groups excluding carboxylic acids is 1. The van der Waals surface area contributed by atoms with Crippen molar-refractivity contribution in [3.8, 4) is 11.1 Å². The van der Waals surface area contributed by atoms with Crippen molar-refractivity contribution in [2.75, 3.05) is 32.7 Å². The fraction of sp³-hybridized carbons (Fsp3) is 0.405. The Balaban J connectivity index is 1.09. The molecule has 0 aromatic heterocycles. The lowest BCUT2D eigenvalue weighted by Gasteiger charge is -2.43. The van der Waals surface area contributed by atoms with Gasteiger partial charge in [0.15, 0.2) is 6.29 Å². The molecule has 0 unspecified atom stereocenters. The third-order valence-electron chi connectivity index (χ3n) is 10.7. The fourth-order valence-electron chi connectivity index (χ4n) is 7.81. The number of ether oxygens (including phenoxy) is 2. The summed E-state index contributed by atoms with van der Waals surface area (Å²) in [5.74, 6) is 0.0690. The van der Waals surface area contributed by atoms with Crippen LogP contribution in [-0.4, -0.2) is 65.7 Å². The van der Waals surface area contributed by atoms with E-state index in [1.54, 1.807) is 0 Å². The number of hydrogen-bond acceptors (Lipinski definition) is 6. The van der Waals surface area contributed by atoms with Crippen LogP contribution in [0.1, 0.15) is 77.6 Å². The molecule has 3 aliphatic heterocycles. The summed E-state index contributed by atoms with van der Waals surface area (Å²) >= 11 is 0. The van der Waals surface area contributed by atoms with Gasteiger partial charge in [-0.05, 0) is 85.3 Å². The first-order valence-electron chi connectivity index (χ1n) is 18.0. The average molecular weight is 660 g/mol. The molecular weight excluding hydrogens is 610 g/mol. The van der Waals surface area contributed by atoms with Gasteiger partial charge < -0.3 is 24.8 Å². The van der Waals surface area contributed by atoms with E-state index in [0.29, 0.717) is 18.2 Å². The molecule has 0 bridgehead atoms. The lowest BCUT2D eigenvalue weighted by atomic mass is 9.89. The minimum Gasteiger partial charge on any atom is -0.392 e. The van der Waals surface area contributed by atoms with Gasteiger partial charge in [0, 0.05) is 42.7 Å². The minimum absolute atomic E-state index is 0.00840. The van der Waals surface area contributed by atoms with Crippen LogP contribution in [-0.2, 0) is 22.6 Å². The zero-order chi connectivity index (χ0) is 33.6. The van der Waals surface area contributed by atoms with Gasteiger partial charge in [-0.3, -0.25) is 9.69 Å². The minimum atomic E-state index is -0.502. The Kier molecular flexibility index (Phi) is 10.8. The van der Waals surface area contributed by atoms with Crippen LogP contribution in [0.25, 0.3) is 11.1 Å². The molecule has 4 aromatic carbocycles. The van der Waals surface area contributed by atoms with E-state index in [1.807, 2.05) is 54.6 Å². The Morgan fingerprint density at radius 3 is 2.27 bits per heavy atom. The van der Waals surface area contributed by atoms with E-state index in [1.165, 1.54) is 38.8 Å². The number of aliphatic hydroxyl groups is 1. The normalized spacial score (nSPS) is 24.7. The molecule has 0 saturated carbocycles. The second kappa shape index (κ2) is 15.8. The molecule has 2 N–H and O–H groups in total. The Morgan fingerprint density at radius 1 is 0.796 bits per heavy atom. The molecule has 7 rings (SSSR count). The predicted octanol–water partition coefficient (Wildman–Crippen LogP) is 7.13. The smallest absolute Gasteiger partial charge is 0.251 e. The first-order chi connectivity index (χ1) is 24.1. The summed E-state index contributed by atoms with van der Waals surface area (Å²) in [7, 11) is 0. The lowest BCUT2D eigenvalue weighted by molar-refractivity contribution is -0.276. The van der Waals surface area contributed by atoms with Gasteiger partial charge in [0.2, 0.25) is 0 Å². The second-order valence-electron chi connectivity index (χ2n) is 13.9. The Hall–Kier alpha value is -3.85. The van der Waals surface area contributed by atoms with Gasteiger partial charge >= 0.3 is 0 Å². The van der Waals surface area contributed by atoms with Gasteiger partial charge in [-0.25, -0.2) is 0 Å². The van der Waals surface area contributed by atoms with Crippen LogP contribution in [0.2, 0.25) is 0 Å². The third kappa shape index (κ3) is 7.98. The molecule has 256 valence electrons. The van der Waals surface area contributed by atoms with Gasteiger partial charge in [-0.15, -0.1) is 0 Å². The molecule has 0 aliphatic carbocycles. The predicted molar refractivity (Wildman–Crippen MR) is 193 cm³/mol. The van der Waals surface area contributed by atoms with Gasteiger partial charge in [0.05, 0.1) is 18.8 Å². The van der Waals surface area contributed by atoms with Crippen LogP contribution in [0.4, 0.5) is 0 Å². The molecule has 7 heteroatoms. The summed E-state index contributed by atoms with van der Waals surface area (Å²) in [6, 6.07) is 34.8. The number of hydrogen-bond donors (Lipinski definition) is 2. The maximum Gasteiger partial charge on any atom is 0.251 e. The largest absolute Gasteiger partial charge is 0.392 e. The van der Waals surface area contributed by atoms with E-state index in [0.717, 1.165) is 53.0 Å². The topological polar surface area (TPSA) is 74.3 Å². The third-order valence-corrected chi connectivity index (χ3v) is 10.7. The van der Waals surface area contributed by atoms with E-state index >= 15 is 0 Å². The van der Waals surface area contributed by atoms with E-state index in [2.05, 4.69) is 70.6 Å². The first-order valence-corrected chi connectivity index (χ1v) is 18.0. The molecule has 3 heterocycles. The molecule has 5 atom stereocenters. The van der Waals surface area contributed by atoms with Crippen molar-refractivity contribution < 1.29 is 19.4 Å². The highest BCUT2D eigenvalue weighted by atomic mass is 16.7. The zero-order valence-electron chi connectivity index (χ0n) is 28.5. The number of nitrogens with zero attached hydrogens (tertiary/aromatic N) is 2. The Labute approximate surface area is 290 Å². The average Bonchev–Trinajstić information content (AvgIpc) is 3.84. The molecule has 3 saturated heterocycles. The van der Waals surface area contributed by atoms with E-state index in [4.69, 9.17) is 9.47 Å². The molecule has 7 nitrogen and oxygen atoms in total. The number of benzene rings is 4. The summed E-state index contributed by atoms with van der Waals surface area (Å²) in [6.07, 6.45) is 4.50. The van der Waals surface area contributed by atoms with Gasteiger partial charge in [-0.1, -0.05) is 97.9 Å². The molecule has 0 radical (unpaired) electrons. The Bertz CT molecular complexity index is 1660. The summed E-state index contributed by atoms with van der Waals surface area (Å²) in [5, 5.41) is 12.7. The Morgan fingerprint density at radius 2 is 1.51 bits per heavy atom. The zero-order valence-corrected chi connectivity index (χ0v) is 28.5. The van der Waals surface area contributed by atoms with E-state index in [-0.39, 0.29) is 30.6 Å². The number of aliphatic hydroxyl groups excluding tert-OH is 1. The highest BCUT2D eigenvalue weighted by Crippen LogP contribution is 2.42. The van der Waals surface area contributed by atoms with Crippen LogP contribution in [0.15, 0.2) is 103 Å². The van der Waals surface area contributed by atoms with Gasteiger partial charge in [0.1, 0.15) is 0 Å². The SMILES string of the molecule is C[C@@H]1[C@H](CN2CCC[C@H]2CN2CCCC2)O[C@H](c2ccc(-c3ccccc3CNC(=O)c3ccccc3)cc2)O[C@@H]1c1ccc(CO)cc1. The van der Waals surface area contributed by atoms with Crippen LogP contribution in [0, 0.1) is 5.92 Å². The second-order valence-corrected chi connectivity index (χ2v) is 13.9. The van der Waals surface area contributed by atoms with Crippen molar-refractivity contribution in [3.05, 3.63) is 131 Å². The summed E-state index contributed by atoms with van der Waals surface area (Å²) in [4.78, 5) is 18.1. The highest BCUT2D eigenvalue weighted by molar-refractivity contribution is 5.94. The van der Waals surface area contributed by atoms with Crippen molar-refractivity contribution in [1.82, 2.24) is 15.1 Å². The molecular formula is C42H49N3O4. The van der Waals surface area contributed by atoms with Crippen molar-refractivity contribution in [1.29, 1.82) is 0 Å². The lowest BCUT2D eigenvalue weighted by Crippen LogP contribution is -2.48. The number of carbonyl (C=O) groups is 1. The van der Waals surface area contributed by atoms with Gasteiger partial charge in [-0.2, -0.15) is 0 Å². The maximum atomic E-state index is 12.7. The quantitative estimate of drug-likeness (QED) is 0.179. The first kappa shape index (κ1) is 33.6. The molecule has 3 fully saturated rings. The van der Waals surface area contributed by atoms with Crippen molar-refractivity contribution >= 4 is 5.91 Å². The number of amides is 1. The summed E-state index contributed by atoms with van der Waals surface area (Å²) < 4.78 is 13.7. The van der Waals surface area contributed by atoms with Crippen LogP contribution in [0.3, 0.4) is 0 Å². The van der Waals surface area contributed by atoms with Gasteiger partial charge in [0.25, 0.3) is 5.91 Å². The number of likely N-dealkylation sites (tertiary alicyclic amines) is 2. The highest BCUT2D eigenvalue weighted by Gasteiger charge is 2.40. The van der Waals surface area contributed by atoms with Crippen LogP contribution in [0.5, 0.6) is 0 Å². The molecule has 3 aliphatic rings. The van der Waals surface area contributed by atoms with E-state index in [9.17, 15) is 9.90 Å². The number of nitrogens with one attached hydrogen (secondary N) is 1. The van der Waals surface area contributed by atoms with E-state index < -0.39 is 6.29 Å². The molecule has 4 aromatic rings. The fourth-order valence-corrected chi connectivity index (χ4v) is 7.81. The summed E-state index contributed by atoms with van der Waals surface area (Å²) in [5.41, 5.74) is 6.86. The summed E-state index contributed by atoms with van der Waals surface area (Å²) in [6.45, 7) is 8.34. The monoisotopic (exact) mass is 659 g/mol. The maximum absolute atomic E-state index is 12.7. The number of rotatable bonds is 11. The van der Waals surface area contributed by atoms with Crippen LogP contribution >= 0.6 is 0 Å². The van der Waals surface area contributed by atoms with Crippen molar-refractivity contribution in [2.45, 2.75) is 70.3 Å². The molecule has 1 amide bonds. The molecule has 49 heavy (non-hydrogen) atoms. The van der Waals surface area contributed by atoms with Crippen LogP contribution < -0.4 is 5.32 Å². The molecule has 0 spiro atoms. The standard InChI is InChI=1S/C42H49N3O4/c1-30-39(28-45-25-9-13-37(45)27-44-23-7-8-24-44)48-42(49-40(30)33-17-15-31(29-46)16-18-33)35-21-19-32(20-22-35)38-14-6-5-12-36(38)26-43-41(47)34-10-3-2-4-11-34/h2-6,10-12,14-22,30,37,39-40,42,46H,7-9,13,23-29H2,1H3,(H,43,47)/t30-,37+,39+,40+,42+/m1/s1.